The summed E-state index contributed by atoms with van der Waals surface area (Å²) in [4.78, 5) is 26.9. The second kappa shape index (κ2) is 8.15. The fourth-order valence-electron chi connectivity index (χ4n) is 3.26. The van der Waals surface area contributed by atoms with Crippen molar-refractivity contribution in [2.45, 2.75) is 32.0 Å². The van der Waals surface area contributed by atoms with Crippen LogP contribution in [0, 0.1) is 5.92 Å². The van der Waals surface area contributed by atoms with Gasteiger partial charge in [0.1, 0.15) is 6.04 Å². The van der Waals surface area contributed by atoms with Crippen molar-refractivity contribution in [2.75, 3.05) is 6.54 Å². The van der Waals surface area contributed by atoms with Gasteiger partial charge in [0.15, 0.2) is 0 Å². The molecule has 3 rings (SSSR count). The van der Waals surface area contributed by atoms with E-state index >= 15 is 0 Å². The van der Waals surface area contributed by atoms with Crippen LogP contribution in [-0.4, -0.2) is 29.3 Å². The summed E-state index contributed by atoms with van der Waals surface area (Å²) in [7, 11) is 0. The topological polar surface area (TPSA) is 75.4 Å². The second-order valence-corrected chi connectivity index (χ2v) is 6.82. The minimum atomic E-state index is -0.461. The molecule has 5 heteroatoms. The average Bonchev–Trinajstić information content (AvgIpc) is 3.01. The lowest BCUT2D eigenvalue weighted by Gasteiger charge is -2.22. The smallest absolute Gasteiger partial charge is 0.245 e. The Bertz CT molecular complexity index is 748. The Hall–Kier alpha value is -2.66. The van der Waals surface area contributed by atoms with Crippen LogP contribution in [0.1, 0.15) is 30.5 Å². The Morgan fingerprint density at radius 2 is 1.77 bits per heavy atom. The average molecular weight is 351 g/mol. The van der Waals surface area contributed by atoms with Gasteiger partial charge in [0.25, 0.3) is 0 Å². The Kier molecular flexibility index (Phi) is 5.68. The highest BCUT2D eigenvalue weighted by atomic mass is 16.2. The molecule has 0 saturated carbocycles. The number of carbonyl (C=O) groups excluding carboxylic acids is 2. The van der Waals surface area contributed by atoms with Gasteiger partial charge < -0.3 is 16.0 Å². The highest BCUT2D eigenvalue weighted by molar-refractivity contribution is 5.90. The van der Waals surface area contributed by atoms with E-state index in [1.807, 2.05) is 60.7 Å². The number of carbonyl (C=O) groups is 2. The molecule has 0 bridgehead atoms. The maximum atomic E-state index is 12.6. The number of hydrogen-bond donors (Lipinski definition) is 2. The fraction of sp³-hybridized carbons (Fsp3) is 0.333. The first-order chi connectivity index (χ1) is 12.6. The van der Waals surface area contributed by atoms with Gasteiger partial charge in [0.05, 0.1) is 5.92 Å². The number of hydrogen-bond acceptors (Lipinski definition) is 3. The van der Waals surface area contributed by atoms with Crippen LogP contribution in [-0.2, 0) is 16.1 Å². The molecule has 0 aliphatic carbocycles. The molecule has 1 saturated heterocycles. The standard InChI is InChI=1S/C21H25N3O2/c1-15(19(22)17-10-6-3-7-11-17)20(25)23-18-12-13-24(21(18)26)14-16-8-4-2-5-9-16/h2-11,15,18-19H,12-14,22H2,1H3,(H,23,25). The summed E-state index contributed by atoms with van der Waals surface area (Å²) in [6, 6.07) is 18.6. The number of nitrogens with zero attached hydrogens (tertiary/aromatic N) is 1. The normalized spacial score (nSPS) is 19.2. The molecular weight excluding hydrogens is 326 g/mol. The summed E-state index contributed by atoms with van der Waals surface area (Å²) < 4.78 is 0. The third-order valence-electron chi connectivity index (χ3n) is 4.97. The molecule has 1 heterocycles. The van der Waals surface area contributed by atoms with Gasteiger partial charge in [-0.2, -0.15) is 0 Å². The van der Waals surface area contributed by atoms with E-state index in [1.54, 1.807) is 11.8 Å². The van der Waals surface area contributed by atoms with Crippen LogP contribution in [0.3, 0.4) is 0 Å². The van der Waals surface area contributed by atoms with E-state index < -0.39 is 18.0 Å². The minimum Gasteiger partial charge on any atom is -0.344 e. The number of rotatable bonds is 6. The first kappa shape index (κ1) is 18.1. The second-order valence-electron chi connectivity index (χ2n) is 6.82. The van der Waals surface area contributed by atoms with Crippen molar-refractivity contribution in [3.8, 4) is 0 Å². The first-order valence-electron chi connectivity index (χ1n) is 9.00. The van der Waals surface area contributed by atoms with E-state index in [2.05, 4.69) is 5.32 Å². The predicted octanol–water partition coefficient (Wildman–Crippen LogP) is 2.24. The van der Waals surface area contributed by atoms with Crippen LogP contribution in [0.25, 0.3) is 0 Å². The summed E-state index contributed by atoms with van der Waals surface area (Å²) in [6.07, 6.45) is 0.630. The largest absolute Gasteiger partial charge is 0.344 e. The molecule has 1 fully saturated rings. The lowest BCUT2D eigenvalue weighted by molar-refractivity contribution is -0.134. The quantitative estimate of drug-likeness (QED) is 0.838. The molecule has 2 amide bonds. The van der Waals surface area contributed by atoms with Crippen LogP contribution >= 0.6 is 0 Å². The molecule has 3 unspecified atom stereocenters. The molecule has 2 aromatic carbocycles. The molecular formula is C21H25N3O2. The van der Waals surface area contributed by atoms with Gasteiger partial charge in [-0.15, -0.1) is 0 Å². The van der Waals surface area contributed by atoms with Crippen LogP contribution in [0.2, 0.25) is 0 Å². The predicted molar refractivity (Wildman–Crippen MR) is 101 cm³/mol. The number of benzene rings is 2. The fourth-order valence-corrected chi connectivity index (χ4v) is 3.26. The van der Waals surface area contributed by atoms with Crippen molar-refractivity contribution in [1.82, 2.24) is 10.2 Å². The summed E-state index contributed by atoms with van der Waals surface area (Å²) >= 11 is 0. The Morgan fingerprint density at radius 1 is 1.15 bits per heavy atom. The van der Waals surface area contributed by atoms with Crippen molar-refractivity contribution in [1.29, 1.82) is 0 Å². The number of nitrogens with one attached hydrogen (secondary N) is 1. The lowest BCUT2D eigenvalue weighted by Crippen LogP contribution is -2.45. The Morgan fingerprint density at radius 3 is 2.42 bits per heavy atom. The zero-order valence-electron chi connectivity index (χ0n) is 15.0. The molecule has 136 valence electrons. The molecule has 26 heavy (non-hydrogen) atoms. The number of likely N-dealkylation sites (tertiary alicyclic amines) is 1. The Labute approximate surface area is 154 Å². The van der Waals surface area contributed by atoms with Crippen molar-refractivity contribution in [2.24, 2.45) is 11.7 Å². The van der Waals surface area contributed by atoms with Crippen LogP contribution < -0.4 is 11.1 Å². The van der Waals surface area contributed by atoms with E-state index in [1.165, 1.54) is 0 Å². The van der Waals surface area contributed by atoms with Crippen molar-refractivity contribution in [3.63, 3.8) is 0 Å². The Balaban J connectivity index is 1.57. The van der Waals surface area contributed by atoms with E-state index in [0.29, 0.717) is 19.5 Å². The van der Waals surface area contributed by atoms with Gasteiger partial charge >= 0.3 is 0 Å². The van der Waals surface area contributed by atoms with E-state index in [0.717, 1.165) is 11.1 Å². The monoisotopic (exact) mass is 351 g/mol. The van der Waals surface area contributed by atoms with Crippen molar-refractivity contribution in [3.05, 3.63) is 71.8 Å². The van der Waals surface area contributed by atoms with Gasteiger partial charge in [0, 0.05) is 19.1 Å². The highest BCUT2D eigenvalue weighted by Gasteiger charge is 2.34. The van der Waals surface area contributed by atoms with Crippen molar-refractivity contribution < 1.29 is 9.59 Å². The summed E-state index contributed by atoms with van der Waals surface area (Å²) in [6.45, 7) is 3.02. The van der Waals surface area contributed by atoms with Gasteiger partial charge in [-0.1, -0.05) is 67.6 Å². The van der Waals surface area contributed by atoms with Gasteiger partial charge in [-0.3, -0.25) is 9.59 Å². The van der Waals surface area contributed by atoms with Gasteiger partial charge in [-0.05, 0) is 17.5 Å². The molecule has 0 radical (unpaired) electrons. The number of nitrogens with two attached hydrogens (primary N) is 1. The van der Waals surface area contributed by atoms with Gasteiger partial charge in [-0.25, -0.2) is 0 Å². The van der Waals surface area contributed by atoms with Crippen molar-refractivity contribution >= 4 is 11.8 Å². The zero-order chi connectivity index (χ0) is 18.5. The molecule has 1 aliphatic heterocycles. The highest BCUT2D eigenvalue weighted by Crippen LogP contribution is 2.21. The van der Waals surface area contributed by atoms with E-state index in [-0.39, 0.29) is 11.8 Å². The van der Waals surface area contributed by atoms with Crippen LogP contribution in [0.4, 0.5) is 0 Å². The maximum Gasteiger partial charge on any atom is 0.245 e. The third-order valence-corrected chi connectivity index (χ3v) is 4.97. The third kappa shape index (κ3) is 4.11. The molecule has 1 aliphatic rings. The van der Waals surface area contributed by atoms with E-state index in [9.17, 15) is 9.59 Å². The summed E-state index contributed by atoms with van der Waals surface area (Å²) in [5.41, 5.74) is 8.23. The summed E-state index contributed by atoms with van der Waals surface area (Å²) in [5.74, 6) is -0.614. The first-order valence-corrected chi connectivity index (χ1v) is 9.00. The molecule has 2 aromatic rings. The minimum absolute atomic E-state index is 0.0253. The maximum absolute atomic E-state index is 12.6. The number of amides is 2. The zero-order valence-corrected chi connectivity index (χ0v) is 15.0. The van der Waals surface area contributed by atoms with Crippen LogP contribution in [0.15, 0.2) is 60.7 Å². The van der Waals surface area contributed by atoms with E-state index in [4.69, 9.17) is 5.73 Å². The molecule has 3 atom stereocenters. The molecule has 0 spiro atoms. The molecule has 3 N–H and O–H groups in total. The lowest BCUT2D eigenvalue weighted by atomic mass is 9.94. The SMILES string of the molecule is CC(C(=O)NC1CCN(Cc2ccccc2)C1=O)C(N)c1ccccc1. The molecule has 0 aromatic heterocycles. The van der Waals surface area contributed by atoms with Crippen LogP contribution in [0.5, 0.6) is 0 Å². The summed E-state index contributed by atoms with van der Waals surface area (Å²) in [5, 5.41) is 2.88. The molecule has 5 nitrogen and oxygen atoms in total. The van der Waals surface area contributed by atoms with Gasteiger partial charge in [0.2, 0.25) is 11.8 Å².